The maximum absolute atomic E-state index is 11.2. The van der Waals surface area contributed by atoms with Crippen LogP contribution in [0.5, 0.6) is 0 Å². The molecule has 110 valence electrons. The third-order valence-electron chi connectivity index (χ3n) is 4.00. The molecule has 1 aliphatic rings. The summed E-state index contributed by atoms with van der Waals surface area (Å²) in [6, 6.07) is 7.54. The van der Waals surface area contributed by atoms with Crippen LogP contribution in [0.25, 0.3) is 0 Å². The molecule has 1 N–H and O–H groups in total. The summed E-state index contributed by atoms with van der Waals surface area (Å²) in [5.74, 6) is -0.404. The molecule has 0 bridgehead atoms. The van der Waals surface area contributed by atoms with Gasteiger partial charge in [0.1, 0.15) is 0 Å². The molecule has 0 spiro atoms. The first-order valence-electron chi connectivity index (χ1n) is 6.98. The average Bonchev–Trinajstić information content (AvgIpc) is 2.36. The molecule has 2 atom stereocenters. The molecule has 0 radical (unpaired) electrons. The number of carboxylic acids is 1. The first-order chi connectivity index (χ1) is 9.37. The van der Waals surface area contributed by atoms with Crippen molar-refractivity contribution in [3.8, 4) is 0 Å². The van der Waals surface area contributed by atoms with Crippen LogP contribution in [0, 0.1) is 5.92 Å². The van der Waals surface area contributed by atoms with Crippen molar-refractivity contribution in [1.29, 1.82) is 0 Å². The SMILES string of the molecule is CC1(C)CC(C(CC(=O)O)c2ccc(Cl)cc2)CCO1. The second kappa shape index (κ2) is 6.15. The highest BCUT2D eigenvalue weighted by molar-refractivity contribution is 6.30. The Hall–Kier alpha value is -1.06. The molecule has 1 fully saturated rings. The fourth-order valence-electron chi connectivity index (χ4n) is 3.08. The second-order valence-corrected chi connectivity index (χ2v) is 6.55. The van der Waals surface area contributed by atoms with Crippen LogP contribution in [-0.2, 0) is 9.53 Å². The Bertz CT molecular complexity index is 467. The minimum Gasteiger partial charge on any atom is -0.481 e. The van der Waals surface area contributed by atoms with Crippen LogP contribution in [0.4, 0.5) is 0 Å². The molecule has 1 heterocycles. The molecule has 3 nitrogen and oxygen atoms in total. The lowest BCUT2D eigenvalue weighted by atomic mass is 9.75. The van der Waals surface area contributed by atoms with Gasteiger partial charge in [0.15, 0.2) is 0 Å². The number of hydrogen-bond acceptors (Lipinski definition) is 2. The minimum atomic E-state index is -0.755. The van der Waals surface area contributed by atoms with E-state index in [1.54, 1.807) is 0 Å². The number of halogens is 1. The molecule has 0 amide bonds. The fourth-order valence-corrected chi connectivity index (χ4v) is 3.20. The Labute approximate surface area is 124 Å². The van der Waals surface area contributed by atoms with Crippen molar-refractivity contribution in [2.45, 2.75) is 44.6 Å². The molecule has 1 aliphatic heterocycles. The van der Waals surface area contributed by atoms with Gasteiger partial charge in [-0.2, -0.15) is 0 Å². The normalized spacial score (nSPS) is 23.2. The van der Waals surface area contributed by atoms with Crippen LogP contribution < -0.4 is 0 Å². The van der Waals surface area contributed by atoms with Gasteiger partial charge in [0, 0.05) is 11.6 Å². The van der Waals surface area contributed by atoms with Crippen molar-refractivity contribution in [1.82, 2.24) is 0 Å². The predicted molar refractivity (Wildman–Crippen MR) is 79.2 cm³/mol. The standard InChI is InChI=1S/C16H21ClO3/c1-16(2)10-12(7-8-20-16)14(9-15(18)19)11-3-5-13(17)6-4-11/h3-6,12,14H,7-10H2,1-2H3,(H,18,19). The van der Waals surface area contributed by atoms with Gasteiger partial charge in [0.05, 0.1) is 12.0 Å². The summed E-state index contributed by atoms with van der Waals surface area (Å²) in [5.41, 5.74) is 0.881. The second-order valence-electron chi connectivity index (χ2n) is 6.12. The third-order valence-corrected chi connectivity index (χ3v) is 4.25. The van der Waals surface area contributed by atoms with Gasteiger partial charge in [-0.15, -0.1) is 0 Å². The van der Waals surface area contributed by atoms with Gasteiger partial charge < -0.3 is 9.84 Å². The summed E-state index contributed by atoms with van der Waals surface area (Å²) in [6.45, 7) is 4.83. The Morgan fingerprint density at radius 3 is 2.65 bits per heavy atom. The van der Waals surface area contributed by atoms with E-state index in [1.807, 2.05) is 24.3 Å². The van der Waals surface area contributed by atoms with E-state index in [1.165, 1.54) is 0 Å². The van der Waals surface area contributed by atoms with Gasteiger partial charge in [0.25, 0.3) is 0 Å². The van der Waals surface area contributed by atoms with Crippen LogP contribution in [0.3, 0.4) is 0 Å². The largest absolute Gasteiger partial charge is 0.481 e. The monoisotopic (exact) mass is 296 g/mol. The van der Waals surface area contributed by atoms with Crippen molar-refractivity contribution < 1.29 is 14.6 Å². The molecule has 2 rings (SSSR count). The van der Waals surface area contributed by atoms with Gasteiger partial charge in [-0.25, -0.2) is 0 Å². The van der Waals surface area contributed by atoms with Gasteiger partial charge in [0.2, 0.25) is 0 Å². The highest BCUT2D eigenvalue weighted by Gasteiger charge is 2.35. The average molecular weight is 297 g/mol. The number of ether oxygens (including phenoxy) is 1. The summed E-state index contributed by atoms with van der Waals surface area (Å²) >= 11 is 5.92. The number of aliphatic carboxylic acids is 1. The van der Waals surface area contributed by atoms with Gasteiger partial charge in [-0.3, -0.25) is 4.79 Å². The summed E-state index contributed by atoms with van der Waals surface area (Å²) < 4.78 is 5.74. The summed E-state index contributed by atoms with van der Waals surface area (Å²) in [6.07, 6.45) is 1.94. The molecular formula is C16H21ClO3. The van der Waals surface area contributed by atoms with Crippen LogP contribution in [0.1, 0.15) is 44.6 Å². The maximum atomic E-state index is 11.2. The number of rotatable bonds is 4. The van der Waals surface area contributed by atoms with Crippen LogP contribution in [0.15, 0.2) is 24.3 Å². The van der Waals surface area contributed by atoms with Gasteiger partial charge >= 0.3 is 5.97 Å². The Morgan fingerprint density at radius 1 is 1.45 bits per heavy atom. The molecule has 0 saturated carbocycles. The molecule has 2 unspecified atom stereocenters. The lowest BCUT2D eigenvalue weighted by Gasteiger charge is -2.39. The molecule has 4 heteroatoms. The highest BCUT2D eigenvalue weighted by atomic mass is 35.5. The van der Waals surface area contributed by atoms with Crippen LogP contribution >= 0.6 is 11.6 Å². The van der Waals surface area contributed by atoms with E-state index in [0.29, 0.717) is 17.5 Å². The van der Waals surface area contributed by atoms with Gasteiger partial charge in [-0.1, -0.05) is 23.7 Å². The molecule has 1 aromatic carbocycles. The lowest BCUT2D eigenvalue weighted by molar-refractivity contribution is -0.138. The molecule has 1 saturated heterocycles. The van der Waals surface area contributed by atoms with E-state index in [-0.39, 0.29) is 17.9 Å². The molecule has 0 aliphatic carbocycles. The lowest BCUT2D eigenvalue weighted by Crippen LogP contribution is -2.36. The number of hydrogen-bond donors (Lipinski definition) is 1. The number of benzene rings is 1. The Balaban J connectivity index is 2.23. The van der Waals surface area contributed by atoms with Crippen LogP contribution in [0.2, 0.25) is 5.02 Å². The fraction of sp³-hybridized carbons (Fsp3) is 0.562. The zero-order chi connectivity index (χ0) is 14.8. The zero-order valence-electron chi connectivity index (χ0n) is 11.9. The van der Waals surface area contributed by atoms with Crippen molar-refractivity contribution in [2.75, 3.05) is 6.61 Å². The van der Waals surface area contributed by atoms with Gasteiger partial charge in [-0.05, 0) is 56.2 Å². The summed E-state index contributed by atoms with van der Waals surface area (Å²) in [5, 5.41) is 9.88. The molecular weight excluding hydrogens is 276 g/mol. The zero-order valence-corrected chi connectivity index (χ0v) is 12.7. The third kappa shape index (κ3) is 3.97. The van der Waals surface area contributed by atoms with E-state index < -0.39 is 5.97 Å². The summed E-state index contributed by atoms with van der Waals surface area (Å²) in [4.78, 5) is 11.2. The van der Waals surface area contributed by atoms with E-state index >= 15 is 0 Å². The van der Waals surface area contributed by atoms with Crippen LogP contribution in [-0.4, -0.2) is 23.3 Å². The number of carbonyl (C=O) groups is 1. The van der Waals surface area contributed by atoms with E-state index in [2.05, 4.69) is 13.8 Å². The van der Waals surface area contributed by atoms with E-state index in [0.717, 1.165) is 18.4 Å². The minimum absolute atomic E-state index is 0.0212. The maximum Gasteiger partial charge on any atom is 0.303 e. The van der Waals surface area contributed by atoms with E-state index in [9.17, 15) is 9.90 Å². The Kier molecular flexibility index (Phi) is 4.71. The van der Waals surface area contributed by atoms with Crippen molar-refractivity contribution >= 4 is 17.6 Å². The van der Waals surface area contributed by atoms with Crippen molar-refractivity contribution in [3.05, 3.63) is 34.9 Å². The number of carboxylic acid groups (broad SMARTS) is 1. The van der Waals surface area contributed by atoms with E-state index in [4.69, 9.17) is 16.3 Å². The predicted octanol–water partition coefficient (Wildman–Crippen LogP) is 4.10. The molecule has 0 aromatic heterocycles. The quantitative estimate of drug-likeness (QED) is 0.910. The van der Waals surface area contributed by atoms with Crippen molar-refractivity contribution in [3.63, 3.8) is 0 Å². The Morgan fingerprint density at radius 2 is 2.10 bits per heavy atom. The first-order valence-corrected chi connectivity index (χ1v) is 7.36. The molecule has 20 heavy (non-hydrogen) atoms. The smallest absolute Gasteiger partial charge is 0.303 e. The first kappa shape index (κ1) is 15.3. The summed E-state index contributed by atoms with van der Waals surface area (Å²) in [7, 11) is 0. The molecule has 1 aromatic rings. The topological polar surface area (TPSA) is 46.5 Å². The van der Waals surface area contributed by atoms with Crippen molar-refractivity contribution in [2.24, 2.45) is 5.92 Å². The highest BCUT2D eigenvalue weighted by Crippen LogP contribution is 2.40.